The Hall–Kier alpha value is -4.15. The van der Waals surface area contributed by atoms with Gasteiger partial charge in [-0.15, -0.1) is 0 Å². The first-order valence-corrected chi connectivity index (χ1v) is 14.2. The number of benzene rings is 4. The summed E-state index contributed by atoms with van der Waals surface area (Å²) in [4.78, 5) is 13.6. The van der Waals surface area contributed by atoms with Crippen LogP contribution >= 0.6 is 7.05 Å². The highest BCUT2D eigenvalue weighted by atomic mass is 31.2. The fraction of sp³-hybridized carbons (Fsp3) is 0.161. The van der Waals surface area contributed by atoms with E-state index in [0.29, 0.717) is 11.4 Å². The molecular weight excluding hydrogens is 493 g/mol. The summed E-state index contributed by atoms with van der Waals surface area (Å²) in [6.45, 7) is 4.47. The minimum absolute atomic E-state index is 0.0258. The molecule has 0 spiro atoms. The van der Waals surface area contributed by atoms with Crippen molar-refractivity contribution in [1.82, 2.24) is 0 Å². The lowest BCUT2D eigenvalue weighted by Gasteiger charge is -2.30. The van der Waals surface area contributed by atoms with Gasteiger partial charge in [-0.2, -0.15) is 0 Å². The smallest absolute Gasteiger partial charge is 0.271 e. The molecule has 4 aromatic carbocycles. The normalized spacial score (nSPS) is 15.3. The van der Waals surface area contributed by atoms with E-state index in [1.54, 1.807) is 13.2 Å². The average molecular weight is 524 g/mol. The Kier molecular flexibility index (Phi) is 6.68. The van der Waals surface area contributed by atoms with Gasteiger partial charge in [-0.1, -0.05) is 92.7 Å². The average Bonchev–Trinajstić information content (AvgIpc) is 3.13. The highest BCUT2D eigenvalue weighted by Crippen LogP contribution is 2.58. The number of hydrogen-bond donors (Lipinski definition) is 0. The topological polar surface area (TPSA) is 68.0 Å². The van der Waals surface area contributed by atoms with E-state index < -0.39 is 12.0 Å². The van der Waals surface area contributed by atoms with Crippen molar-refractivity contribution in [3.05, 3.63) is 130 Å². The molecule has 0 fully saturated rings. The van der Waals surface area contributed by atoms with E-state index >= 15 is 0 Å². The lowest BCUT2D eigenvalue weighted by Crippen LogP contribution is -2.25. The zero-order chi connectivity index (χ0) is 26.9. The van der Waals surface area contributed by atoms with Crippen molar-refractivity contribution in [2.45, 2.75) is 19.3 Å². The van der Waals surface area contributed by atoms with Crippen LogP contribution in [0.25, 0.3) is 0 Å². The first-order valence-electron chi connectivity index (χ1n) is 12.4. The van der Waals surface area contributed by atoms with Crippen LogP contribution in [0.5, 0.6) is 5.75 Å². The molecule has 0 atom stereocenters. The number of para-hydroxylation sites is 1. The van der Waals surface area contributed by atoms with E-state index in [1.807, 2.05) is 36.4 Å². The number of methoxy groups -OCH3 is 1. The molecule has 0 amide bonds. The van der Waals surface area contributed by atoms with Gasteiger partial charge in [0.2, 0.25) is 0 Å². The number of allylic oxidation sites excluding steroid dienone is 1. The van der Waals surface area contributed by atoms with Gasteiger partial charge >= 0.3 is 0 Å². The van der Waals surface area contributed by atoms with Crippen molar-refractivity contribution in [3.63, 3.8) is 0 Å². The number of anilines is 1. The van der Waals surface area contributed by atoms with Crippen molar-refractivity contribution < 1.29 is 9.66 Å². The van der Waals surface area contributed by atoms with Crippen LogP contribution in [0.15, 0.2) is 119 Å². The largest absolute Gasteiger partial charge is 0.494 e. The van der Waals surface area contributed by atoms with Crippen molar-refractivity contribution >= 4 is 34.7 Å². The molecule has 5 rings (SSSR count). The number of nitro benzene ring substituents is 1. The molecular formula is C31H30N3O3P. The third-order valence-electron chi connectivity index (χ3n) is 7.19. The predicted octanol–water partition coefficient (Wildman–Crippen LogP) is 7.36. The molecule has 0 aliphatic carbocycles. The van der Waals surface area contributed by atoms with Gasteiger partial charge in [0, 0.05) is 46.6 Å². The third-order valence-corrected chi connectivity index (χ3v) is 10.5. The highest BCUT2D eigenvalue weighted by Gasteiger charge is 2.40. The quantitative estimate of drug-likeness (QED) is 0.150. The summed E-state index contributed by atoms with van der Waals surface area (Å²) in [6, 6.07) is 33.5. The number of nitro groups is 1. The highest BCUT2D eigenvalue weighted by molar-refractivity contribution is 7.83. The van der Waals surface area contributed by atoms with Gasteiger partial charge in [-0.05, 0) is 23.5 Å². The van der Waals surface area contributed by atoms with E-state index in [9.17, 15) is 10.1 Å². The van der Waals surface area contributed by atoms with E-state index in [1.165, 1.54) is 17.7 Å². The van der Waals surface area contributed by atoms with Crippen LogP contribution in [0.4, 0.5) is 17.1 Å². The van der Waals surface area contributed by atoms with Gasteiger partial charge < -0.3 is 9.64 Å². The second-order valence-corrected chi connectivity index (χ2v) is 12.6. The molecule has 0 radical (unpaired) electrons. The van der Waals surface area contributed by atoms with Crippen LogP contribution < -0.4 is 20.2 Å². The second kappa shape index (κ2) is 9.96. The summed E-state index contributed by atoms with van der Waals surface area (Å²) < 4.78 is 11.1. The Bertz CT molecular complexity index is 1540. The number of rotatable bonds is 6. The Morgan fingerprint density at radius 3 is 2.03 bits per heavy atom. The molecule has 0 saturated heterocycles. The van der Waals surface area contributed by atoms with E-state index in [2.05, 4.69) is 80.1 Å². The Morgan fingerprint density at radius 2 is 1.47 bits per heavy atom. The summed E-state index contributed by atoms with van der Waals surface area (Å²) >= 11 is 0. The van der Waals surface area contributed by atoms with Crippen LogP contribution in [0, 0.1) is 10.1 Å². The molecule has 0 aromatic heterocycles. The summed E-state index contributed by atoms with van der Waals surface area (Å²) in [7, 11) is 0.970. The predicted molar refractivity (Wildman–Crippen MR) is 157 cm³/mol. The Morgan fingerprint density at radius 1 is 0.895 bits per heavy atom. The molecule has 7 heteroatoms. The zero-order valence-electron chi connectivity index (χ0n) is 21.9. The van der Waals surface area contributed by atoms with Gasteiger partial charge in [0.05, 0.1) is 19.1 Å². The van der Waals surface area contributed by atoms with Crippen molar-refractivity contribution in [2.75, 3.05) is 19.1 Å². The number of hydrogen-bond acceptors (Lipinski definition) is 5. The van der Waals surface area contributed by atoms with Crippen LogP contribution in [-0.2, 0) is 5.41 Å². The van der Waals surface area contributed by atoms with Crippen LogP contribution in [0.3, 0.4) is 0 Å². The molecule has 0 bridgehead atoms. The monoisotopic (exact) mass is 523 g/mol. The molecule has 1 aliphatic heterocycles. The standard InChI is InChI=1S/C31H30N3O3P/c1-31(2)26-17-11-12-18-28(26)33(3)30(31)22-38(24-13-7-5-8-14-24,25-15-9-6-10-16-25)32-27-21-23(34(35)36)19-20-29(27)37-4/h5-22H,1-4H3. The minimum atomic E-state index is -2.69. The van der Waals surface area contributed by atoms with Crippen molar-refractivity contribution in [3.8, 4) is 5.75 Å². The maximum absolute atomic E-state index is 11.7. The number of nitrogens with zero attached hydrogens (tertiary/aromatic N) is 3. The number of likely N-dealkylation sites (N-methyl/N-ethyl adjacent to an activating group) is 1. The molecule has 0 saturated carbocycles. The maximum Gasteiger partial charge on any atom is 0.271 e. The van der Waals surface area contributed by atoms with Crippen molar-refractivity contribution in [1.29, 1.82) is 0 Å². The van der Waals surface area contributed by atoms with Crippen LogP contribution in [0.2, 0.25) is 0 Å². The lowest BCUT2D eigenvalue weighted by atomic mass is 9.84. The molecule has 0 N–H and O–H groups in total. The SMILES string of the molecule is COc1ccc([N+](=O)[O-])cc1N=P(C=C1N(C)c2ccccc2C1(C)C)(c1ccccc1)c1ccccc1. The molecule has 6 nitrogen and oxygen atoms in total. The van der Waals surface area contributed by atoms with E-state index in [-0.39, 0.29) is 11.1 Å². The molecule has 1 aliphatic rings. The lowest BCUT2D eigenvalue weighted by molar-refractivity contribution is -0.384. The number of ether oxygens (including phenoxy) is 1. The molecule has 192 valence electrons. The maximum atomic E-state index is 11.7. The summed E-state index contributed by atoms with van der Waals surface area (Å²) in [5.74, 6) is 2.81. The van der Waals surface area contributed by atoms with Crippen molar-refractivity contribution in [2.24, 2.45) is 4.74 Å². The summed E-state index contributed by atoms with van der Waals surface area (Å²) in [5, 5.41) is 13.8. The van der Waals surface area contributed by atoms with E-state index in [0.717, 1.165) is 22.0 Å². The van der Waals surface area contributed by atoms with Gasteiger partial charge in [0.25, 0.3) is 5.69 Å². The number of fused-ring (bicyclic) bond motifs is 1. The first kappa shape index (κ1) is 25.5. The minimum Gasteiger partial charge on any atom is -0.494 e. The molecule has 38 heavy (non-hydrogen) atoms. The van der Waals surface area contributed by atoms with Gasteiger partial charge in [0.1, 0.15) is 11.4 Å². The molecule has 4 aromatic rings. The van der Waals surface area contributed by atoms with Crippen LogP contribution in [0.1, 0.15) is 19.4 Å². The van der Waals surface area contributed by atoms with Gasteiger partial charge in [0.15, 0.2) is 0 Å². The molecule has 1 heterocycles. The fourth-order valence-electron chi connectivity index (χ4n) is 5.20. The van der Waals surface area contributed by atoms with E-state index in [4.69, 9.17) is 9.48 Å². The zero-order valence-corrected chi connectivity index (χ0v) is 22.8. The Balaban J connectivity index is 1.92. The third kappa shape index (κ3) is 4.31. The van der Waals surface area contributed by atoms with Crippen LogP contribution in [-0.4, -0.2) is 19.1 Å². The number of non-ortho nitro benzene ring substituents is 1. The summed E-state index contributed by atoms with van der Waals surface area (Å²) in [6.07, 6.45) is 0. The molecule has 0 unspecified atom stereocenters. The fourth-order valence-corrected chi connectivity index (χ4v) is 8.68. The Labute approximate surface area is 223 Å². The van der Waals surface area contributed by atoms with Gasteiger partial charge in [-0.25, -0.2) is 0 Å². The second-order valence-electron chi connectivity index (χ2n) is 9.79. The first-order chi connectivity index (χ1) is 18.3. The summed E-state index contributed by atoms with van der Waals surface area (Å²) in [5.41, 5.74) is 3.70. The van der Waals surface area contributed by atoms with Gasteiger partial charge in [-0.3, -0.25) is 14.9 Å².